The van der Waals surface area contributed by atoms with Crippen LogP contribution in [0.2, 0.25) is 0 Å². The van der Waals surface area contributed by atoms with Crippen molar-refractivity contribution in [1.82, 2.24) is 0 Å². The van der Waals surface area contributed by atoms with Gasteiger partial charge in [0.1, 0.15) is 0 Å². The number of nitrogens with two attached hydrogens (primary N) is 1. The molecule has 0 atom stereocenters. The molecule has 1 aliphatic carbocycles. The van der Waals surface area contributed by atoms with Gasteiger partial charge in [-0.25, -0.2) is 0 Å². The first-order chi connectivity index (χ1) is 24.3. The van der Waals surface area contributed by atoms with Crippen LogP contribution < -0.4 is 5.73 Å². The van der Waals surface area contributed by atoms with E-state index in [4.69, 9.17) is 5.73 Å². The number of fused-ring (bicyclic) bond motifs is 4. The minimum Gasteiger partial charge on any atom is -0.398 e. The molecule has 0 fully saturated rings. The van der Waals surface area contributed by atoms with E-state index in [9.17, 15) is 0 Å². The summed E-state index contributed by atoms with van der Waals surface area (Å²) in [5.41, 5.74) is 23.2. The average Bonchev–Trinajstić information content (AvgIpc) is 3.37. The molecule has 6 rings (SSSR count). The highest BCUT2D eigenvalue weighted by atomic mass is 14.6. The molecule has 1 nitrogen and oxygen atoms in total. The van der Waals surface area contributed by atoms with Crippen molar-refractivity contribution in [3.8, 4) is 22.3 Å². The molecular weight excluding hydrogens is 603 g/mol. The van der Waals surface area contributed by atoms with Gasteiger partial charge in [0, 0.05) is 16.7 Å². The molecule has 0 heterocycles. The second-order valence-corrected chi connectivity index (χ2v) is 13.2. The normalized spacial score (nSPS) is 13.8. The summed E-state index contributed by atoms with van der Waals surface area (Å²) in [6.07, 6.45) is 16.7. The van der Waals surface area contributed by atoms with Gasteiger partial charge in [-0.05, 0) is 109 Å². The van der Waals surface area contributed by atoms with Crippen LogP contribution in [0.4, 0.5) is 0 Å². The third-order valence-corrected chi connectivity index (χ3v) is 10.1. The molecule has 50 heavy (non-hydrogen) atoms. The van der Waals surface area contributed by atoms with E-state index in [2.05, 4.69) is 144 Å². The van der Waals surface area contributed by atoms with Crippen molar-refractivity contribution in [1.29, 1.82) is 0 Å². The van der Waals surface area contributed by atoms with Gasteiger partial charge in [-0.1, -0.05) is 162 Å². The Morgan fingerprint density at radius 1 is 0.700 bits per heavy atom. The van der Waals surface area contributed by atoms with Gasteiger partial charge in [-0.3, -0.25) is 0 Å². The van der Waals surface area contributed by atoms with Crippen LogP contribution in [-0.2, 0) is 5.41 Å². The molecule has 2 N–H and O–H groups in total. The van der Waals surface area contributed by atoms with Gasteiger partial charge >= 0.3 is 0 Å². The quantitative estimate of drug-likeness (QED) is 0.112. The van der Waals surface area contributed by atoms with Crippen LogP contribution in [0, 0.1) is 0 Å². The number of hydrogen-bond acceptors (Lipinski definition) is 1. The number of allylic oxidation sites excluding steroid dienone is 6. The Labute approximate surface area is 298 Å². The van der Waals surface area contributed by atoms with E-state index < -0.39 is 0 Å². The fraction of sp³-hybridized carbons (Fsp3) is 0.102. The molecule has 0 aliphatic heterocycles. The van der Waals surface area contributed by atoms with Gasteiger partial charge in [0.15, 0.2) is 0 Å². The molecule has 1 aliphatic rings. The Morgan fingerprint density at radius 2 is 1.32 bits per heavy atom. The monoisotopic (exact) mass is 647 g/mol. The molecule has 0 saturated heterocycles. The zero-order valence-corrected chi connectivity index (χ0v) is 29.5. The second-order valence-electron chi connectivity index (χ2n) is 13.2. The summed E-state index contributed by atoms with van der Waals surface area (Å²) >= 11 is 0. The van der Waals surface area contributed by atoms with Gasteiger partial charge in [0.25, 0.3) is 0 Å². The number of rotatable bonds is 11. The highest BCUT2D eigenvalue weighted by Crippen LogP contribution is 2.53. The predicted molar refractivity (Wildman–Crippen MR) is 222 cm³/mol. The van der Waals surface area contributed by atoms with Crippen LogP contribution in [0.15, 0.2) is 148 Å². The van der Waals surface area contributed by atoms with Crippen LogP contribution in [0.1, 0.15) is 71.7 Å². The SMILES string of the molecule is C=CC/C(C=C)=C(\C=C(/N)c1c(/C=C\C)c(C=C)c(-c2ccccc2)c2ccccc12)c1cc2c(c(C=C)c1C=C)-c1ccccc1C2(C)C. The largest absolute Gasteiger partial charge is 0.398 e. The van der Waals surface area contributed by atoms with E-state index in [0.717, 1.165) is 66.4 Å². The Kier molecular flexibility index (Phi) is 9.44. The third-order valence-electron chi connectivity index (χ3n) is 10.1. The lowest BCUT2D eigenvalue weighted by Crippen LogP contribution is -2.16. The van der Waals surface area contributed by atoms with Crippen molar-refractivity contribution in [3.05, 3.63) is 192 Å². The molecule has 0 aromatic heterocycles. The van der Waals surface area contributed by atoms with Gasteiger partial charge in [-0.2, -0.15) is 0 Å². The van der Waals surface area contributed by atoms with Crippen LogP contribution in [-0.4, -0.2) is 0 Å². The fourth-order valence-electron chi connectivity index (χ4n) is 7.84. The van der Waals surface area contributed by atoms with E-state index >= 15 is 0 Å². The van der Waals surface area contributed by atoms with Gasteiger partial charge in [0.05, 0.1) is 0 Å². The van der Waals surface area contributed by atoms with Crippen LogP contribution in [0.3, 0.4) is 0 Å². The van der Waals surface area contributed by atoms with Crippen molar-refractivity contribution in [2.24, 2.45) is 5.73 Å². The van der Waals surface area contributed by atoms with Crippen molar-refractivity contribution >= 4 is 46.3 Å². The molecular formula is C49H45N. The van der Waals surface area contributed by atoms with Crippen LogP contribution in [0.25, 0.3) is 68.6 Å². The van der Waals surface area contributed by atoms with Crippen LogP contribution >= 0.6 is 0 Å². The first-order valence-corrected chi connectivity index (χ1v) is 17.2. The number of benzene rings is 5. The zero-order valence-electron chi connectivity index (χ0n) is 29.5. The lowest BCUT2D eigenvalue weighted by atomic mass is 9.78. The van der Waals surface area contributed by atoms with Gasteiger partial charge in [-0.15, -0.1) is 6.58 Å². The maximum absolute atomic E-state index is 7.38. The van der Waals surface area contributed by atoms with E-state index in [1.165, 1.54) is 22.3 Å². The first kappa shape index (κ1) is 34.0. The molecule has 0 amide bonds. The Hall–Kier alpha value is -5.92. The lowest BCUT2D eigenvalue weighted by Gasteiger charge is -2.25. The smallest absolute Gasteiger partial charge is 0.0406 e. The summed E-state index contributed by atoms with van der Waals surface area (Å²) in [6.45, 7) is 27.9. The van der Waals surface area contributed by atoms with E-state index in [1.807, 2.05) is 43.4 Å². The Morgan fingerprint density at radius 3 is 1.96 bits per heavy atom. The molecule has 0 unspecified atom stereocenters. The molecule has 0 bridgehead atoms. The van der Waals surface area contributed by atoms with E-state index in [0.29, 0.717) is 12.1 Å². The minimum atomic E-state index is -0.216. The molecule has 0 radical (unpaired) electrons. The second kappa shape index (κ2) is 13.9. The molecule has 0 spiro atoms. The van der Waals surface area contributed by atoms with Crippen LogP contribution in [0.5, 0.6) is 0 Å². The maximum Gasteiger partial charge on any atom is 0.0406 e. The van der Waals surface area contributed by atoms with Crippen molar-refractivity contribution in [3.63, 3.8) is 0 Å². The fourth-order valence-corrected chi connectivity index (χ4v) is 7.84. The standard InChI is InChI=1S/C49H45N/c1-9-22-32(11-3)41(42-30-44-47(35(13-5)34(42)12-4)40-28-20-21-29-43(40)49(44,7)8)31-45(50)48-37(23-10-2)36(14-6)46(33-24-16-15-17-25-33)38-26-18-19-27-39(38)48/h9-21,23-31H,1,3-6,22,50H2,2,7-8H3/b23-10-,41-32+,45-31-. The van der Waals surface area contributed by atoms with Crippen molar-refractivity contribution < 1.29 is 0 Å². The van der Waals surface area contributed by atoms with E-state index in [-0.39, 0.29) is 5.41 Å². The number of hydrogen-bond donors (Lipinski definition) is 1. The Bertz CT molecular complexity index is 2300. The van der Waals surface area contributed by atoms with Crippen molar-refractivity contribution in [2.45, 2.75) is 32.6 Å². The minimum absolute atomic E-state index is 0.216. The van der Waals surface area contributed by atoms with E-state index in [1.54, 1.807) is 0 Å². The van der Waals surface area contributed by atoms with Gasteiger partial charge in [0.2, 0.25) is 0 Å². The summed E-state index contributed by atoms with van der Waals surface area (Å²) in [5, 5.41) is 2.19. The maximum atomic E-state index is 7.38. The summed E-state index contributed by atoms with van der Waals surface area (Å²) in [4.78, 5) is 0. The average molecular weight is 648 g/mol. The highest BCUT2D eigenvalue weighted by molar-refractivity contribution is 6.10. The summed E-state index contributed by atoms with van der Waals surface area (Å²) in [7, 11) is 0. The highest BCUT2D eigenvalue weighted by Gasteiger charge is 2.38. The molecule has 5 aromatic carbocycles. The van der Waals surface area contributed by atoms with Gasteiger partial charge < -0.3 is 5.73 Å². The third kappa shape index (κ3) is 5.46. The summed E-state index contributed by atoms with van der Waals surface area (Å²) in [5.74, 6) is 0. The lowest BCUT2D eigenvalue weighted by molar-refractivity contribution is 0.660. The first-order valence-electron chi connectivity index (χ1n) is 17.2. The predicted octanol–water partition coefficient (Wildman–Crippen LogP) is 13.3. The Balaban J connectivity index is 1.72. The molecule has 0 saturated carbocycles. The topological polar surface area (TPSA) is 26.0 Å². The summed E-state index contributed by atoms with van der Waals surface area (Å²) < 4.78 is 0. The molecule has 5 aromatic rings. The summed E-state index contributed by atoms with van der Waals surface area (Å²) in [6, 6.07) is 30.0. The zero-order chi connectivity index (χ0) is 35.6. The molecule has 1 heteroatoms. The molecule has 246 valence electrons. The van der Waals surface area contributed by atoms with Crippen molar-refractivity contribution in [2.75, 3.05) is 0 Å².